The largest absolute Gasteiger partial charge is 0.461 e. The van der Waals surface area contributed by atoms with Crippen LogP contribution in [0, 0.1) is 6.92 Å². The van der Waals surface area contributed by atoms with Crippen molar-refractivity contribution in [3.05, 3.63) is 39.9 Å². The van der Waals surface area contributed by atoms with E-state index in [1.165, 1.54) is 11.3 Å². The summed E-state index contributed by atoms with van der Waals surface area (Å²) in [7, 11) is 0. The average molecular weight is 282 g/mol. The molecule has 1 aromatic carbocycles. The number of carbonyl (C=O) groups is 1. The van der Waals surface area contributed by atoms with Crippen LogP contribution < -0.4 is 0 Å². The van der Waals surface area contributed by atoms with Gasteiger partial charge in [-0.05, 0) is 25.5 Å². The maximum atomic E-state index is 11.5. The number of hydrogen-bond donors (Lipinski definition) is 0. The number of aryl methyl sites for hydroxylation is 1. The second-order valence-electron chi connectivity index (χ2n) is 3.69. The Morgan fingerprint density at radius 2 is 2.28 bits per heavy atom. The molecule has 3 nitrogen and oxygen atoms in total. The Kier molecular flexibility index (Phi) is 3.99. The van der Waals surface area contributed by atoms with Crippen molar-refractivity contribution in [3.63, 3.8) is 0 Å². The summed E-state index contributed by atoms with van der Waals surface area (Å²) >= 11 is 7.55. The molecule has 18 heavy (non-hydrogen) atoms. The second-order valence-corrected chi connectivity index (χ2v) is 4.96. The third-order valence-electron chi connectivity index (χ3n) is 2.42. The highest BCUT2D eigenvalue weighted by Crippen LogP contribution is 2.33. The molecule has 94 valence electrons. The van der Waals surface area contributed by atoms with Gasteiger partial charge in [0.15, 0.2) is 5.69 Å². The van der Waals surface area contributed by atoms with Crippen LogP contribution in [0.15, 0.2) is 23.6 Å². The lowest BCUT2D eigenvalue weighted by Gasteiger charge is -2.04. The van der Waals surface area contributed by atoms with E-state index in [4.69, 9.17) is 16.3 Å². The molecule has 5 heteroatoms. The van der Waals surface area contributed by atoms with Crippen LogP contribution in [0.4, 0.5) is 0 Å². The first-order valence-corrected chi connectivity index (χ1v) is 6.77. The van der Waals surface area contributed by atoms with Crippen LogP contribution in [0.3, 0.4) is 0 Å². The lowest BCUT2D eigenvalue weighted by atomic mass is 10.1. The van der Waals surface area contributed by atoms with E-state index in [1.54, 1.807) is 12.3 Å². The van der Waals surface area contributed by atoms with Crippen molar-refractivity contribution in [1.82, 2.24) is 4.98 Å². The summed E-state index contributed by atoms with van der Waals surface area (Å²) in [5.74, 6) is -0.398. The van der Waals surface area contributed by atoms with Crippen molar-refractivity contribution in [1.29, 1.82) is 0 Å². The number of ether oxygens (including phenoxy) is 1. The second kappa shape index (κ2) is 5.50. The predicted octanol–water partition coefficient (Wildman–Crippen LogP) is 3.95. The van der Waals surface area contributed by atoms with Crippen LogP contribution in [0.25, 0.3) is 10.6 Å². The molecule has 0 bridgehead atoms. The smallest absolute Gasteiger partial charge is 0.357 e. The van der Waals surface area contributed by atoms with Crippen molar-refractivity contribution in [2.45, 2.75) is 13.8 Å². The molecule has 2 aromatic rings. The van der Waals surface area contributed by atoms with E-state index in [0.717, 1.165) is 16.1 Å². The minimum Gasteiger partial charge on any atom is -0.461 e. The summed E-state index contributed by atoms with van der Waals surface area (Å²) in [6.07, 6.45) is 0. The molecule has 2 rings (SSSR count). The van der Waals surface area contributed by atoms with E-state index in [-0.39, 0.29) is 0 Å². The lowest BCUT2D eigenvalue weighted by molar-refractivity contribution is 0.0520. The third kappa shape index (κ3) is 2.54. The van der Waals surface area contributed by atoms with Crippen LogP contribution in [0.5, 0.6) is 0 Å². The molecule has 0 saturated heterocycles. The molecular formula is C13H12ClNO2S. The zero-order chi connectivity index (χ0) is 13.1. The molecule has 0 aliphatic heterocycles. The van der Waals surface area contributed by atoms with E-state index in [2.05, 4.69) is 4.98 Å². The van der Waals surface area contributed by atoms with E-state index >= 15 is 0 Å². The number of thiazole rings is 1. The molecule has 0 amide bonds. The summed E-state index contributed by atoms with van der Waals surface area (Å²) in [5, 5.41) is 3.07. The minimum atomic E-state index is -0.398. The quantitative estimate of drug-likeness (QED) is 0.800. The number of carbonyl (C=O) groups excluding carboxylic acids is 1. The number of esters is 1. The lowest BCUT2D eigenvalue weighted by Crippen LogP contribution is -2.04. The Morgan fingerprint density at radius 3 is 2.94 bits per heavy atom. The first-order chi connectivity index (χ1) is 8.63. The highest BCUT2D eigenvalue weighted by atomic mass is 35.5. The highest BCUT2D eigenvalue weighted by molar-refractivity contribution is 7.13. The molecule has 0 aliphatic rings. The van der Waals surface area contributed by atoms with Crippen LogP contribution in [-0.2, 0) is 4.74 Å². The minimum absolute atomic E-state index is 0.330. The van der Waals surface area contributed by atoms with Gasteiger partial charge in [0.1, 0.15) is 5.01 Å². The SMILES string of the molecule is CCOC(=O)c1csc(-c2c(C)cccc2Cl)n1. The molecule has 0 N–H and O–H groups in total. The summed E-state index contributed by atoms with van der Waals surface area (Å²) in [4.78, 5) is 15.8. The molecule has 0 spiro atoms. The van der Waals surface area contributed by atoms with Crippen molar-refractivity contribution in [2.75, 3.05) is 6.61 Å². The summed E-state index contributed by atoms with van der Waals surface area (Å²) in [6.45, 7) is 4.08. The van der Waals surface area contributed by atoms with Gasteiger partial charge >= 0.3 is 5.97 Å². The fourth-order valence-corrected chi connectivity index (χ4v) is 2.87. The normalized spacial score (nSPS) is 10.4. The van der Waals surface area contributed by atoms with E-state index in [1.807, 2.05) is 25.1 Å². The number of nitrogens with zero attached hydrogens (tertiary/aromatic N) is 1. The highest BCUT2D eigenvalue weighted by Gasteiger charge is 2.15. The van der Waals surface area contributed by atoms with Crippen LogP contribution in [0.2, 0.25) is 5.02 Å². The Morgan fingerprint density at radius 1 is 1.50 bits per heavy atom. The Labute approximate surface area is 114 Å². The van der Waals surface area contributed by atoms with Crippen LogP contribution in [0.1, 0.15) is 23.0 Å². The maximum Gasteiger partial charge on any atom is 0.357 e. The average Bonchev–Trinajstić information content (AvgIpc) is 2.78. The molecule has 0 atom stereocenters. The molecule has 0 unspecified atom stereocenters. The first-order valence-electron chi connectivity index (χ1n) is 5.51. The van der Waals surface area contributed by atoms with Gasteiger partial charge in [-0.25, -0.2) is 9.78 Å². The van der Waals surface area contributed by atoms with Gasteiger partial charge in [-0.15, -0.1) is 11.3 Å². The fraction of sp³-hybridized carbons (Fsp3) is 0.231. The number of rotatable bonds is 3. The number of benzene rings is 1. The Hall–Kier alpha value is -1.39. The molecule has 1 heterocycles. The molecule has 1 aromatic heterocycles. The fourth-order valence-electron chi connectivity index (χ4n) is 1.59. The van der Waals surface area contributed by atoms with Gasteiger partial charge in [-0.3, -0.25) is 0 Å². The van der Waals surface area contributed by atoms with Crippen molar-refractivity contribution >= 4 is 28.9 Å². The standard InChI is InChI=1S/C13H12ClNO2S/c1-3-17-13(16)10-7-18-12(15-10)11-8(2)5-4-6-9(11)14/h4-7H,3H2,1-2H3. The molecule has 0 aliphatic carbocycles. The first kappa shape index (κ1) is 13.1. The zero-order valence-electron chi connectivity index (χ0n) is 10.1. The number of hydrogen-bond acceptors (Lipinski definition) is 4. The van der Waals surface area contributed by atoms with E-state index in [0.29, 0.717) is 17.3 Å². The van der Waals surface area contributed by atoms with Crippen molar-refractivity contribution in [2.24, 2.45) is 0 Å². The zero-order valence-corrected chi connectivity index (χ0v) is 11.6. The summed E-state index contributed by atoms with van der Waals surface area (Å²) in [5.41, 5.74) is 2.24. The predicted molar refractivity (Wildman–Crippen MR) is 73.3 cm³/mol. The van der Waals surface area contributed by atoms with Crippen molar-refractivity contribution in [3.8, 4) is 10.6 Å². The van der Waals surface area contributed by atoms with E-state index in [9.17, 15) is 4.79 Å². The van der Waals surface area contributed by atoms with Gasteiger partial charge in [0.05, 0.1) is 11.6 Å². The number of aromatic nitrogens is 1. The van der Waals surface area contributed by atoms with Gasteiger partial charge in [0, 0.05) is 10.9 Å². The van der Waals surface area contributed by atoms with Crippen LogP contribution >= 0.6 is 22.9 Å². The number of halogens is 1. The summed E-state index contributed by atoms with van der Waals surface area (Å²) in [6, 6.07) is 5.67. The van der Waals surface area contributed by atoms with Gasteiger partial charge in [-0.2, -0.15) is 0 Å². The maximum absolute atomic E-state index is 11.5. The van der Waals surface area contributed by atoms with Crippen molar-refractivity contribution < 1.29 is 9.53 Å². The monoisotopic (exact) mass is 281 g/mol. The van der Waals surface area contributed by atoms with Crippen LogP contribution in [-0.4, -0.2) is 17.6 Å². The topological polar surface area (TPSA) is 39.2 Å². The van der Waals surface area contributed by atoms with Gasteiger partial charge in [-0.1, -0.05) is 23.7 Å². The van der Waals surface area contributed by atoms with Gasteiger partial charge < -0.3 is 4.74 Å². The summed E-state index contributed by atoms with van der Waals surface area (Å²) < 4.78 is 4.91. The molecular weight excluding hydrogens is 270 g/mol. The Balaban J connectivity index is 2.38. The molecule has 0 fully saturated rings. The Bertz CT molecular complexity index is 560. The van der Waals surface area contributed by atoms with Gasteiger partial charge in [0.2, 0.25) is 0 Å². The third-order valence-corrected chi connectivity index (χ3v) is 3.60. The molecule has 0 radical (unpaired) electrons. The van der Waals surface area contributed by atoms with E-state index < -0.39 is 5.97 Å². The molecule has 0 saturated carbocycles. The van der Waals surface area contributed by atoms with Gasteiger partial charge in [0.25, 0.3) is 0 Å².